The highest BCUT2D eigenvalue weighted by Crippen LogP contribution is 2.27. The van der Waals surface area contributed by atoms with Gasteiger partial charge in [0.25, 0.3) is 5.91 Å². The highest BCUT2D eigenvalue weighted by atomic mass is 35.5. The van der Waals surface area contributed by atoms with Crippen molar-refractivity contribution in [2.45, 2.75) is 30.6 Å². The second-order valence-electron chi connectivity index (χ2n) is 7.54. The third-order valence-electron chi connectivity index (χ3n) is 5.50. The van der Waals surface area contributed by atoms with Crippen molar-refractivity contribution in [1.29, 1.82) is 0 Å². The number of hydrogen-bond donors (Lipinski definition) is 0. The van der Waals surface area contributed by atoms with Crippen LogP contribution in [-0.2, 0) is 16.3 Å². The van der Waals surface area contributed by atoms with Gasteiger partial charge >= 0.3 is 0 Å². The van der Waals surface area contributed by atoms with Gasteiger partial charge in [0, 0.05) is 19.3 Å². The molecule has 0 radical (unpaired) electrons. The predicted molar refractivity (Wildman–Crippen MR) is 115 cm³/mol. The Bertz CT molecular complexity index is 965. The van der Waals surface area contributed by atoms with E-state index in [-0.39, 0.29) is 21.4 Å². The highest BCUT2D eigenvalue weighted by Gasteiger charge is 2.25. The van der Waals surface area contributed by atoms with Gasteiger partial charge in [-0.2, -0.15) is 0 Å². The number of piperidine rings is 1. The largest absolute Gasteiger partial charge is 0.497 e. The number of ether oxygens (including phenoxy) is 1. The summed E-state index contributed by atoms with van der Waals surface area (Å²) in [7, 11) is -1.73. The average molecular weight is 436 g/mol. The molecular formula is C22H26ClNO4S. The zero-order valence-electron chi connectivity index (χ0n) is 16.7. The molecule has 29 heavy (non-hydrogen) atoms. The summed E-state index contributed by atoms with van der Waals surface area (Å²) in [4.78, 5) is 14.8. The number of sulfone groups is 1. The van der Waals surface area contributed by atoms with Gasteiger partial charge in [-0.15, -0.1) is 0 Å². The second-order valence-corrected chi connectivity index (χ2v) is 9.96. The summed E-state index contributed by atoms with van der Waals surface area (Å²) in [6.45, 7) is 1.32. The van der Waals surface area contributed by atoms with Gasteiger partial charge in [0.2, 0.25) is 0 Å². The Morgan fingerprint density at radius 1 is 1.14 bits per heavy atom. The van der Waals surface area contributed by atoms with Crippen LogP contribution in [0.4, 0.5) is 0 Å². The summed E-state index contributed by atoms with van der Waals surface area (Å²) in [6, 6.07) is 12.4. The Labute approximate surface area is 177 Å². The van der Waals surface area contributed by atoms with E-state index in [1.54, 1.807) is 12.0 Å². The summed E-state index contributed by atoms with van der Waals surface area (Å²) >= 11 is 6.18. The van der Waals surface area contributed by atoms with Gasteiger partial charge < -0.3 is 9.64 Å². The number of amides is 1. The van der Waals surface area contributed by atoms with Crippen LogP contribution < -0.4 is 4.74 Å². The number of carbonyl (C=O) groups is 1. The van der Waals surface area contributed by atoms with Crippen LogP contribution in [0.15, 0.2) is 47.4 Å². The van der Waals surface area contributed by atoms with Crippen molar-refractivity contribution >= 4 is 27.3 Å². The predicted octanol–water partition coefficient (Wildman–Crippen LogP) is 4.24. The minimum Gasteiger partial charge on any atom is -0.497 e. The number of halogens is 1. The Hall–Kier alpha value is -2.05. The van der Waals surface area contributed by atoms with E-state index < -0.39 is 9.84 Å². The number of likely N-dealkylation sites (tertiary alicyclic amines) is 1. The number of rotatable bonds is 6. The number of hydrogen-bond acceptors (Lipinski definition) is 4. The lowest BCUT2D eigenvalue weighted by molar-refractivity contribution is 0.0687. The maximum absolute atomic E-state index is 12.9. The van der Waals surface area contributed by atoms with E-state index in [2.05, 4.69) is 12.1 Å². The summed E-state index contributed by atoms with van der Waals surface area (Å²) in [5.74, 6) is 1.23. The molecule has 5 nitrogen and oxygen atoms in total. The Kier molecular flexibility index (Phi) is 6.85. The number of aryl methyl sites for hydroxylation is 1. The van der Waals surface area contributed by atoms with Crippen molar-refractivity contribution in [3.05, 3.63) is 58.6 Å². The molecule has 0 atom stereocenters. The molecule has 156 valence electrons. The molecule has 0 bridgehead atoms. The van der Waals surface area contributed by atoms with Crippen molar-refractivity contribution in [3.8, 4) is 5.75 Å². The summed E-state index contributed by atoms with van der Waals surface area (Å²) < 4.78 is 28.8. The molecular weight excluding hydrogens is 410 g/mol. The molecule has 1 aliphatic heterocycles. The van der Waals surface area contributed by atoms with Crippen molar-refractivity contribution in [2.24, 2.45) is 5.92 Å². The molecule has 0 N–H and O–H groups in total. The zero-order chi connectivity index (χ0) is 21.0. The molecule has 1 heterocycles. The molecule has 3 rings (SSSR count). The van der Waals surface area contributed by atoms with E-state index in [4.69, 9.17) is 16.3 Å². The quantitative estimate of drug-likeness (QED) is 0.680. The van der Waals surface area contributed by atoms with Crippen molar-refractivity contribution in [2.75, 3.05) is 26.5 Å². The van der Waals surface area contributed by atoms with Crippen LogP contribution in [0.1, 0.15) is 35.2 Å². The fourth-order valence-electron chi connectivity index (χ4n) is 3.66. The number of benzene rings is 2. The third kappa shape index (κ3) is 5.52. The molecule has 1 saturated heterocycles. The lowest BCUT2D eigenvalue weighted by atomic mass is 9.90. The maximum atomic E-state index is 12.9. The molecule has 2 aromatic carbocycles. The van der Waals surface area contributed by atoms with Crippen LogP contribution in [0.3, 0.4) is 0 Å². The minimum absolute atomic E-state index is 0.111. The summed E-state index contributed by atoms with van der Waals surface area (Å²) in [5.41, 5.74) is 1.54. The van der Waals surface area contributed by atoms with Crippen LogP contribution in [0.2, 0.25) is 5.02 Å². The first-order chi connectivity index (χ1) is 13.8. The fraction of sp³-hybridized carbons (Fsp3) is 0.409. The first-order valence-electron chi connectivity index (χ1n) is 9.69. The van der Waals surface area contributed by atoms with Gasteiger partial charge in [0.1, 0.15) is 5.75 Å². The molecule has 7 heteroatoms. The minimum atomic E-state index is -3.39. The Morgan fingerprint density at radius 2 is 1.79 bits per heavy atom. The van der Waals surface area contributed by atoms with E-state index in [1.165, 1.54) is 23.8 Å². The molecule has 1 amide bonds. The molecule has 0 spiro atoms. The molecule has 1 aliphatic rings. The van der Waals surface area contributed by atoms with Crippen LogP contribution in [0.25, 0.3) is 0 Å². The number of carbonyl (C=O) groups excluding carboxylic acids is 1. The van der Waals surface area contributed by atoms with Gasteiger partial charge in [0.05, 0.1) is 22.6 Å². The summed E-state index contributed by atoms with van der Waals surface area (Å²) in [5, 5.41) is 0.282. The lowest BCUT2D eigenvalue weighted by Crippen LogP contribution is -2.38. The molecule has 0 aromatic heterocycles. The number of nitrogens with zero attached hydrogens (tertiary/aromatic N) is 1. The maximum Gasteiger partial charge on any atom is 0.255 e. The van der Waals surface area contributed by atoms with Crippen LogP contribution >= 0.6 is 11.6 Å². The normalized spacial score (nSPS) is 15.3. The Morgan fingerprint density at radius 3 is 2.38 bits per heavy atom. The van der Waals surface area contributed by atoms with Crippen molar-refractivity contribution in [3.63, 3.8) is 0 Å². The van der Waals surface area contributed by atoms with Crippen LogP contribution in [0.5, 0.6) is 5.75 Å². The van der Waals surface area contributed by atoms with Gasteiger partial charge in [-0.05, 0) is 67.5 Å². The SMILES string of the molecule is COc1ccc(CCC2CCN(C(=O)c3cc(S(C)(=O)=O)ccc3Cl)CC2)cc1. The first kappa shape index (κ1) is 21.7. The van der Waals surface area contributed by atoms with Gasteiger partial charge in [-0.1, -0.05) is 23.7 Å². The average Bonchev–Trinajstić information content (AvgIpc) is 2.72. The van der Waals surface area contributed by atoms with Crippen molar-refractivity contribution in [1.82, 2.24) is 4.90 Å². The summed E-state index contributed by atoms with van der Waals surface area (Å²) in [6.07, 6.45) is 5.08. The molecule has 2 aromatic rings. The molecule has 0 saturated carbocycles. The second kappa shape index (κ2) is 9.18. The van der Waals surface area contributed by atoms with Gasteiger partial charge in [-0.25, -0.2) is 8.42 Å². The van der Waals surface area contributed by atoms with Gasteiger partial charge in [0.15, 0.2) is 9.84 Å². The molecule has 0 aliphatic carbocycles. The van der Waals surface area contributed by atoms with Gasteiger partial charge in [-0.3, -0.25) is 4.79 Å². The molecule has 0 unspecified atom stereocenters. The van der Waals surface area contributed by atoms with E-state index >= 15 is 0 Å². The van der Waals surface area contributed by atoms with E-state index in [0.717, 1.165) is 37.7 Å². The molecule has 1 fully saturated rings. The monoisotopic (exact) mass is 435 g/mol. The van der Waals surface area contributed by atoms with E-state index in [9.17, 15) is 13.2 Å². The zero-order valence-corrected chi connectivity index (χ0v) is 18.3. The Balaban J connectivity index is 1.57. The van der Waals surface area contributed by atoms with Crippen molar-refractivity contribution < 1.29 is 17.9 Å². The fourth-order valence-corrected chi connectivity index (χ4v) is 4.50. The van der Waals surface area contributed by atoms with E-state index in [1.807, 2.05) is 12.1 Å². The van der Waals surface area contributed by atoms with Crippen LogP contribution in [-0.4, -0.2) is 45.7 Å². The highest BCUT2D eigenvalue weighted by molar-refractivity contribution is 7.90. The number of methoxy groups -OCH3 is 1. The van der Waals surface area contributed by atoms with Crippen LogP contribution in [0, 0.1) is 5.92 Å². The van der Waals surface area contributed by atoms with E-state index in [0.29, 0.717) is 19.0 Å². The lowest BCUT2D eigenvalue weighted by Gasteiger charge is -2.32. The topological polar surface area (TPSA) is 63.7 Å². The standard InChI is InChI=1S/C22H26ClNO4S/c1-28-18-7-5-16(6-8-18)3-4-17-11-13-24(14-12-17)22(25)20-15-19(29(2,26)27)9-10-21(20)23/h5-10,15,17H,3-4,11-14H2,1-2H3. The first-order valence-corrected chi connectivity index (χ1v) is 12.0. The third-order valence-corrected chi connectivity index (χ3v) is 6.94. The smallest absolute Gasteiger partial charge is 0.255 e.